The molecule has 0 aliphatic rings. The second kappa shape index (κ2) is 12.0. The molecule has 3 N–H and O–H groups in total. The van der Waals surface area contributed by atoms with Crippen LogP contribution in [0.1, 0.15) is 34.0 Å². The molecule has 3 aromatic heterocycles. The first-order valence-corrected chi connectivity index (χ1v) is 13.9. The fraction of sp³-hybridized carbons (Fsp3) is 0.212. The van der Waals surface area contributed by atoms with E-state index < -0.39 is 11.6 Å². The Balaban J connectivity index is 1.63. The summed E-state index contributed by atoms with van der Waals surface area (Å²) in [5, 5.41) is 9.07. The maximum absolute atomic E-state index is 14.0. The summed E-state index contributed by atoms with van der Waals surface area (Å²) in [6.07, 6.45) is 5.32. The molecule has 10 heteroatoms. The number of aromatic nitrogens is 3. The van der Waals surface area contributed by atoms with Crippen LogP contribution in [0, 0.1) is 19.7 Å². The molecule has 5 rings (SSSR count). The summed E-state index contributed by atoms with van der Waals surface area (Å²) >= 11 is 0. The van der Waals surface area contributed by atoms with Crippen molar-refractivity contribution in [1.82, 2.24) is 24.8 Å². The van der Waals surface area contributed by atoms with Crippen molar-refractivity contribution >= 4 is 28.4 Å². The molecular weight excluding hydrogens is 547 g/mol. The molecule has 0 saturated carbocycles. The minimum Gasteiger partial charge on any atom is -0.355 e. The smallest absolute Gasteiger partial charge is 0.275 e. The zero-order chi connectivity index (χ0) is 30.8. The minimum atomic E-state index is -0.506. The first kappa shape index (κ1) is 29.4. The number of hydrogen-bond acceptors (Lipinski definition) is 5. The summed E-state index contributed by atoms with van der Waals surface area (Å²) in [7, 11) is 3.24. The molecule has 0 unspecified atom stereocenters. The average molecular weight is 581 g/mol. The molecule has 5 aromatic rings. The number of hydrogen-bond donors (Lipinski definition) is 3. The van der Waals surface area contributed by atoms with E-state index in [1.54, 1.807) is 68.3 Å². The van der Waals surface area contributed by atoms with Crippen molar-refractivity contribution in [2.45, 2.75) is 33.4 Å². The van der Waals surface area contributed by atoms with Gasteiger partial charge in [0, 0.05) is 36.0 Å². The molecule has 2 aromatic carbocycles. The highest BCUT2D eigenvalue weighted by molar-refractivity contribution is 5.97. The summed E-state index contributed by atoms with van der Waals surface area (Å²) in [6, 6.07) is 14.8. The van der Waals surface area contributed by atoms with E-state index in [4.69, 9.17) is 0 Å². The zero-order valence-electron chi connectivity index (χ0n) is 24.7. The number of anilines is 1. The number of fused-ring (bicyclic) bond motifs is 1. The molecule has 0 bridgehead atoms. The summed E-state index contributed by atoms with van der Waals surface area (Å²) < 4.78 is 17.5. The first-order valence-electron chi connectivity index (χ1n) is 13.9. The van der Waals surface area contributed by atoms with Crippen molar-refractivity contribution in [2.24, 2.45) is 0 Å². The quantitative estimate of drug-likeness (QED) is 0.249. The molecule has 0 spiro atoms. The van der Waals surface area contributed by atoms with Crippen molar-refractivity contribution in [3.8, 4) is 16.9 Å². The van der Waals surface area contributed by atoms with Crippen LogP contribution in [0.5, 0.6) is 0 Å². The summed E-state index contributed by atoms with van der Waals surface area (Å²) in [4.78, 5) is 43.6. The van der Waals surface area contributed by atoms with E-state index in [0.717, 1.165) is 27.7 Å². The Hall–Kier alpha value is -5.09. The number of carbonyl (C=O) groups excluding carboxylic acids is 2. The van der Waals surface area contributed by atoms with Gasteiger partial charge < -0.3 is 25.1 Å². The fourth-order valence-corrected chi connectivity index (χ4v) is 5.19. The lowest BCUT2D eigenvalue weighted by Gasteiger charge is -2.19. The SMILES string of the molecule is CNC(=O)c1cccc(-c2ccc(NC(=O)[C@H](C)NC)c(=O)n2Cc2cncc(-n3cc(C)c4cc(F)ccc43)c2)c1C. The van der Waals surface area contributed by atoms with Crippen LogP contribution in [-0.4, -0.2) is 46.1 Å². The maximum Gasteiger partial charge on any atom is 0.275 e. The van der Waals surface area contributed by atoms with Crippen LogP contribution in [0.4, 0.5) is 10.1 Å². The van der Waals surface area contributed by atoms with Crippen LogP contribution < -0.4 is 21.5 Å². The number of benzene rings is 2. The van der Waals surface area contributed by atoms with Gasteiger partial charge in [-0.1, -0.05) is 12.1 Å². The highest BCUT2D eigenvalue weighted by Gasteiger charge is 2.19. The molecular formula is C33H33FN6O3. The Labute approximate surface area is 248 Å². The Morgan fingerprint density at radius 3 is 2.56 bits per heavy atom. The molecule has 0 radical (unpaired) electrons. The third-order valence-electron chi connectivity index (χ3n) is 7.70. The average Bonchev–Trinajstić information content (AvgIpc) is 3.34. The van der Waals surface area contributed by atoms with Crippen LogP contribution in [0.3, 0.4) is 0 Å². The van der Waals surface area contributed by atoms with Crippen LogP contribution in [0.25, 0.3) is 27.8 Å². The number of carbonyl (C=O) groups is 2. The Kier molecular flexibility index (Phi) is 8.22. The van der Waals surface area contributed by atoms with Crippen molar-refractivity contribution in [3.63, 3.8) is 0 Å². The summed E-state index contributed by atoms with van der Waals surface area (Å²) in [5.74, 6) is -0.880. The fourth-order valence-electron chi connectivity index (χ4n) is 5.19. The van der Waals surface area contributed by atoms with Gasteiger partial charge in [0.15, 0.2) is 0 Å². The molecule has 3 heterocycles. The monoisotopic (exact) mass is 580 g/mol. The van der Waals surface area contributed by atoms with Crippen molar-refractivity contribution in [3.05, 3.63) is 112 Å². The highest BCUT2D eigenvalue weighted by Crippen LogP contribution is 2.28. The predicted octanol–water partition coefficient (Wildman–Crippen LogP) is 4.56. The molecule has 0 aliphatic carbocycles. The molecule has 0 saturated heterocycles. The van der Waals surface area contributed by atoms with E-state index in [2.05, 4.69) is 20.9 Å². The number of rotatable bonds is 8. The van der Waals surface area contributed by atoms with Crippen LogP contribution in [-0.2, 0) is 11.3 Å². The third kappa shape index (κ3) is 5.69. The summed E-state index contributed by atoms with van der Waals surface area (Å²) in [5.41, 5.74) is 5.46. The van der Waals surface area contributed by atoms with Crippen LogP contribution in [0.15, 0.2) is 78.0 Å². The van der Waals surface area contributed by atoms with Crippen LogP contribution in [0.2, 0.25) is 0 Å². The van der Waals surface area contributed by atoms with Gasteiger partial charge in [-0.25, -0.2) is 4.39 Å². The van der Waals surface area contributed by atoms with Gasteiger partial charge in [0.25, 0.3) is 11.5 Å². The highest BCUT2D eigenvalue weighted by atomic mass is 19.1. The van der Waals surface area contributed by atoms with E-state index in [-0.39, 0.29) is 29.9 Å². The Morgan fingerprint density at radius 2 is 1.81 bits per heavy atom. The molecule has 0 aliphatic heterocycles. The molecule has 2 amide bonds. The summed E-state index contributed by atoms with van der Waals surface area (Å²) in [6.45, 7) is 5.60. The van der Waals surface area contributed by atoms with Gasteiger partial charge in [-0.15, -0.1) is 0 Å². The standard InChI is InChI=1S/C33H33FN6O3/c1-19-17-39(30-11-9-23(34)14-27(19)30)24-13-22(15-37-16-24)18-40-29(25-7-6-8-26(20(25)2)32(42)36-5)12-10-28(33(40)43)38-31(41)21(3)35-4/h6-17,21,35H,18H2,1-5H3,(H,36,42)(H,38,41)/t21-/m0/s1. The van der Waals surface area contributed by atoms with Crippen molar-refractivity contribution < 1.29 is 14.0 Å². The molecule has 0 fully saturated rings. The third-order valence-corrected chi connectivity index (χ3v) is 7.70. The topological polar surface area (TPSA) is 110 Å². The van der Waals surface area contributed by atoms with Gasteiger partial charge in [-0.2, -0.15) is 0 Å². The van der Waals surface area contributed by atoms with E-state index in [1.165, 1.54) is 12.1 Å². The lowest BCUT2D eigenvalue weighted by molar-refractivity contribution is -0.117. The van der Waals surface area contributed by atoms with Gasteiger partial charge >= 0.3 is 0 Å². The number of nitrogens with one attached hydrogen (secondary N) is 3. The Morgan fingerprint density at radius 1 is 1.02 bits per heavy atom. The minimum absolute atomic E-state index is 0.133. The molecule has 1 atom stereocenters. The molecule has 220 valence electrons. The number of amides is 2. The number of likely N-dealkylation sites (N-methyl/N-ethyl adjacent to an activating group) is 1. The zero-order valence-corrected chi connectivity index (χ0v) is 24.7. The largest absolute Gasteiger partial charge is 0.355 e. The van der Waals surface area contributed by atoms with Gasteiger partial charge in [-0.05, 0) is 87.0 Å². The number of pyridine rings is 2. The Bertz CT molecular complexity index is 1930. The van der Waals surface area contributed by atoms with Gasteiger partial charge in [0.2, 0.25) is 5.91 Å². The second-order valence-electron chi connectivity index (χ2n) is 10.5. The molecule has 9 nitrogen and oxygen atoms in total. The van der Waals surface area contributed by atoms with Gasteiger partial charge in [0.05, 0.1) is 35.7 Å². The maximum atomic E-state index is 14.0. The molecule has 43 heavy (non-hydrogen) atoms. The number of halogens is 1. The number of aryl methyl sites for hydroxylation is 1. The van der Waals surface area contributed by atoms with Crippen molar-refractivity contribution in [2.75, 3.05) is 19.4 Å². The predicted molar refractivity (Wildman–Crippen MR) is 166 cm³/mol. The van der Waals surface area contributed by atoms with E-state index in [0.29, 0.717) is 22.4 Å². The first-order chi connectivity index (χ1) is 20.6. The van der Waals surface area contributed by atoms with E-state index >= 15 is 0 Å². The normalized spacial score (nSPS) is 11.9. The lowest BCUT2D eigenvalue weighted by Crippen LogP contribution is -2.37. The van der Waals surface area contributed by atoms with Gasteiger partial charge in [-0.3, -0.25) is 19.4 Å². The van der Waals surface area contributed by atoms with E-state index in [9.17, 15) is 18.8 Å². The second-order valence-corrected chi connectivity index (χ2v) is 10.5. The van der Waals surface area contributed by atoms with E-state index in [1.807, 2.05) is 36.7 Å². The van der Waals surface area contributed by atoms with Gasteiger partial charge in [0.1, 0.15) is 11.5 Å². The van der Waals surface area contributed by atoms with Crippen molar-refractivity contribution in [1.29, 1.82) is 0 Å². The lowest BCUT2D eigenvalue weighted by atomic mass is 9.98. The van der Waals surface area contributed by atoms with Crippen LogP contribution >= 0.6 is 0 Å². The number of nitrogens with zero attached hydrogens (tertiary/aromatic N) is 3.